The van der Waals surface area contributed by atoms with Crippen molar-refractivity contribution in [2.24, 2.45) is 0 Å². The fourth-order valence-corrected chi connectivity index (χ4v) is 6.12. The van der Waals surface area contributed by atoms with E-state index in [2.05, 4.69) is 128 Å². The highest BCUT2D eigenvalue weighted by molar-refractivity contribution is 7.79. The van der Waals surface area contributed by atoms with Crippen molar-refractivity contribution in [1.29, 1.82) is 0 Å². The molecule has 0 saturated carbocycles. The Morgan fingerprint density at radius 2 is 1.14 bits per heavy atom. The van der Waals surface area contributed by atoms with Gasteiger partial charge in [0.2, 0.25) is 0 Å². The molecule has 0 aliphatic carbocycles. The summed E-state index contributed by atoms with van der Waals surface area (Å²) in [6.45, 7) is 0. The van der Waals surface area contributed by atoms with Gasteiger partial charge in [0.25, 0.3) is 0 Å². The van der Waals surface area contributed by atoms with Crippen molar-refractivity contribution >= 4 is 23.8 Å². The molecule has 0 saturated heterocycles. The zero-order chi connectivity index (χ0) is 19.3. The van der Waals surface area contributed by atoms with Gasteiger partial charge in [0.15, 0.2) is 0 Å². The smallest absolute Gasteiger partial charge is 0.00468 e. The third kappa shape index (κ3) is 3.97. The third-order valence-corrected chi connectivity index (χ3v) is 7.42. The minimum absolute atomic E-state index is 0.262. The van der Waals surface area contributed by atoms with Gasteiger partial charge in [-0.1, -0.05) is 98.9 Å². The van der Waals surface area contributed by atoms with E-state index in [1.807, 2.05) is 0 Å². The maximum absolute atomic E-state index is 2.41. The molecule has 140 valence electrons. The minimum atomic E-state index is -0.557. The summed E-state index contributed by atoms with van der Waals surface area (Å²) >= 11 is 0. The highest BCUT2D eigenvalue weighted by Gasteiger charge is 2.16. The van der Waals surface area contributed by atoms with Crippen LogP contribution in [0.5, 0.6) is 0 Å². The molecule has 0 amide bonds. The van der Waals surface area contributed by atoms with Gasteiger partial charge in [-0.3, -0.25) is 0 Å². The predicted molar refractivity (Wildman–Crippen MR) is 123 cm³/mol. The van der Waals surface area contributed by atoms with Crippen molar-refractivity contribution in [3.63, 3.8) is 0 Å². The zero-order valence-corrected chi connectivity index (χ0v) is 17.3. The largest absolute Gasteiger partial charge is 0.310 e. The van der Waals surface area contributed by atoms with Crippen molar-refractivity contribution in [3.8, 4) is 0 Å². The zero-order valence-electron chi connectivity index (χ0n) is 16.4. The van der Waals surface area contributed by atoms with Gasteiger partial charge in [-0.05, 0) is 30.3 Å². The van der Waals surface area contributed by atoms with Crippen LogP contribution in [0.2, 0.25) is 0 Å². The van der Waals surface area contributed by atoms with E-state index in [1.54, 1.807) is 0 Å². The van der Waals surface area contributed by atoms with Gasteiger partial charge in [0.05, 0.1) is 0 Å². The van der Waals surface area contributed by atoms with Crippen molar-refractivity contribution in [3.05, 3.63) is 120 Å². The normalized spacial score (nSPS) is 12.4. The molecule has 0 spiro atoms. The first-order valence-corrected chi connectivity index (χ1v) is 11.0. The number of hydrogen-bond acceptors (Lipinski definition) is 1. The number of rotatable bonds is 6. The SMILES string of the molecule is CN(C)[C@@H](c1ccccc1)c1cc[c-](P(c2ccccc2)c2ccccc2)c1. The third-order valence-electron chi connectivity index (χ3n) is 5.00. The lowest BCUT2D eigenvalue weighted by atomic mass is 10.0. The van der Waals surface area contributed by atoms with Gasteiger partial charge in [-0.2, -0.15) is 17.7 Å². The Kier molecular flexibility index (Phi) is 5.76. The molecule has 4 aromatic carbocycles. The molecule has 0 bridgehead atoms. The van der Waals surface area contributed by atoms with Gasteiger partial charge in [0, 0.05) is 6.04 Å². The second-order valence-corrected chi connectivity index (χ2v) is 9.41. The lowest BCUT2D eigenvalue weighted by molar-refractivity contribution is 0.343. The fraction of sp³-hybridized carbons (Fsp3) is 0.115. The Bertz CT molecular complexity index is 951. The van der Waals surface area contributed by atoms with Crippen LogP contribution in [-0.2, 0) is 0 Å². The fourth-order valence-electron chi connectivity index (χ4n) is 3.78. The van der Waals surface area contributed by atoms with Crippen molar-refractivity contribution < 1.29 is 0 Å². The molecule has 4 rings (SSSR count). The monoisotopic (exact) mass is 382 g/mol. The van der Waals surface area contributed by atoms with Gasteiger partial charge < -0.3 is 4.90 Å². The molecule has 1 atom stereocenters. The van der Waals surface area contributed by atoms with E-state index in [1.165, 1.54) is 27.0 Å². The molecule has 0 N–H and O–H groups in total. The number of benzene rings is 3. The van der Waals surface area contributed by atoms with Crippen molar-refractivity contribution in [2.45, 2.75) is 6.04 Å². The maximum atomic E-state index is 2.41. The van der Waals surface area contributed by atoms with E-state index in [9.17, 15) is 0 Å². The van der Waals surface area contributed by atoms with Crippen LogP contribution in [-0.4, -0.2) is 19.0 Å². The molecule has 0 aliphatic rings. The molecule has 0 fully saturated rings. The molecule has 1 nitrogen and oxygen atoms in total. The molecular weight excluding hydrogens is 357 g/mol. The molecule has 0 aromatic heterocycles. The Morgan fingerprint density at radius 3 is 1.64 bits per heavy atom. The van der Waals surface area contributed by atoms with Crippen molar-refractivity contribution in [1.82, 2.24) is 4.90 Å². The molecule has 0 aliphatic heterocycles. The van der Waals surface area contributed by atoms with E-state index in [-0.39, 0.29) is 6.04 Å². The van der Waals surface area contributed by atoms with Crippen LogP contribution in [0.1, 0.15) is 17.2 Å². The standard InChI is InChI=1S/C26H25NP/c1-27(2)26(21-12-6-3-7-13-21)22-18-19-25(20-22)28(23-14-8-4-9-15-23)24-16-10-5-11-17-24/h3-20,26H,1-2H3/q-1/t26-/m0/s1. The molecule has 0 heterocycles. The predicted octanol–water partition coefficient (Wildman–Crippen LogP) is 4.81. The van der Waals surface area contributed by atoms with Crippen LogP contribution < -0.4 is 15.9 Å². The summed E-state index contributed by atoms with van der Waals surface area (Å²) in [6, 6.07) is 39.8. The van der Waals surface area contributed by atoms with Crippen LogP contribution in [0.3, 0.4) is 0 Å². The summed E-state index contributed by atoms with van der Waals surface area (Å²) in [5, 5.41) is 4.19. The summed E-state index contributed by atoms with van der Waals surface area (Å²) < 4.78 is 0. The summed E-state index contributed by atoms with van der Waals surface area (Å²) in [4.78, 5) is 2.29. The average molecular weight is 382 g/mol. The van der Waals surface area contributed by atoms with E-state index in [0.29, 0.717) is 0 Å². The van der Waals surface area contributed by atoms with Gasteiger partial charge in [-0.25, -0.2) is 6.07 Å². The first-order chi connectivity index (χ1) is 13.7. The van der Waals surface area contributed by atoms with Gasteiger partial charge in [-0.15, -0.1) is 5.30 Å². The molecule has 0 radical (unpaired) electrons. The first kappa shape index (κ1) is 18.7. The molecule has 2 heteroatoms. The maximum Gasteiger partial charge on any atom is 0.00468 e. The molecule has 0 unspecified atom stereocenters. The second-order valence-electron chi connectivity index (χ2n) is 7.19. The van der Waals surface area contributed by atoms with Crippen LogP contribution >= 0.6 is 7.92 Å². The lowest BCUT2D eigenvalue weighted by Gasteiger charge is -2.29. The van der Waals surface area contributed by atoms with E-state index in [4.69, 9.17) is 0 Å². The van der Waals surface area contributed by atoms with Gasteiger partial charge in [0.1, 0.15) is 0 Å². The van der Waals surface area contributed by atoms with E-state index < -0.39 is 7.92 Å². The molecule has 4 aromatic rings. The van der Waals surface area contributed by atoms with E-state index >= 15 is 0 Å². The Labute approximate surface area is 169 Å². The number of hydrogen-bond donors (Lipinski definition) is 0. The summed E-state index contributed by atoms with van der Waals surface area (Å²) in [6.07, 6.45) is 0. The molecular formula is C26H25NP-. The van der Waals surface area contributed by atoms with Crippen LogP contribution in [0.4, 0.5) is 0 Å². The Hall–Kier alpha value is -2.60. The van der Waals surface area contributed by atoms with E-state index in [0.717, 1.165) is 0 Å². The van der Waals surface area contributed by atoms with Gasteiger partial charge >= 0.3 is 0 Å². The average Bonchev–Trinajstić information content (AvgIpc) is 3.19. The Balaban J connectivity index is 1.77. The minimum Gasteiger partial charge on any atom is -0.310 e. The molecule has 28 heavy (non-hydrogen) atoms. The Morgan fingerprint density at radius 1 is 0.643 bits per heavy atom. The number of nitrogens with zero attached hydrogens (tertiary/aromatic N) is 1. The lowest BCUT2D eigenvalue weighted by Crippen LogP contribution is -2.22. The summed E-state index contributed by atoms with van der Waals surface area (Å²) in [7, 11) is 3.75. The second kappa shape index (κ2) is 8.61. The van der Waals surface area contributed by atoms with Crippen LogP contribution in [0, 0.1) is 0 Å². The van der Waals surface area contributed by atoms with Crippen molar-refractivity contribution in [2.75, 3.05) is 14.1 Å². The highest BCUT2D eigenvalue weighted by Crippen LogP contribution is 2.35. The highest BCUT2D eigenvalue weighted by atomic mass is 31.1. The topological polar surface area (TPSA) is 3.24 Å². The van der Waals surface area contributed by atoms with Crippen LogP contribution in [0.15, 0.2) is 109 Å². The first-order valence-electron chi connectivity index (χ1n) is 9.62. The quantitative estimate of drug-likeness (QED) is 0.342. The van der Waals surface area contributed by atoms with Crippen LogP contribution in [0.25, 0.3) is 0 Å². The summed E-state index contributed by atoms with van der Waals surface area (Å²) in [5.74, 6) is 0. The summed E-state index contributed by atoms with van der Waals surface area (Å²) in [5.41, 5.74) is 2.68.